The fraction of sp³-hybridized carbons (Fsp3) is 0.214. The SMILES string of the molecule is CCCn1c(-c2ccc(NC(=O)NCCc3ccccc3)cc2)c(C#N)c2ccc(OC)cc21.[HH].[HH]. The molecule has 1 heterocycles. The van der Waals surface area contributed by atoms with Gasteiger partial charge in [-0.3, -0.25) is 0 Å². The van der Waals surface area contributed by atoms with Crippen LogP contribution in [0, 0.1) is 11.3 Å². The number of hydrogen-bond acceptors (Lipinski definition) is 3. The van der Waals surface area contributed by atoms with Crippen molar-refractivity contribution >= 4 is 22.6 Å². The Labute approximate surface area is 202 Å². The van der Waals surface area contributed by atoms with Crippen molar-refractivity contribution in [3.63, 3.8) is 0 Å². The number of ether oxygens (including phenoxy) is 1. The van der Waals surface area contributed by atoms with E-state index >= 15 is 0 Å². The van der Waals surface area contributed by atoms with Crippen LogP contribution in [0.15, 0.2) is 72.8 Å². The minimum atomic E-state index is -0.242. The van der Waals surface area contributed by atoms with Crippen molar-refractivity contribution in [2.24, 2.45) is 0 Å². The van der Waals surface area contributed by atoms with Crippen molar-refractivity contribution < 1.29 is 12.4 Å². The minimum absolute atomic E-state index is 0. The molecule has 176 valence electrons. The molecule has 0 radical (unpaired) electrons. The van der Waals surface area contributed by atoms with Gasteiger partial charge in [-0.05, 0) is 48.2 Å². The summed E-state index contributed by atoms with van der Waals surface area (Å²) in [6.07, 6.45) is 1.71. The van der Waals surface area contributed by atoms with Crippen LogP contribution in [0.2, 0.25) is 0 Å². The summed E-state index contributed by atoms with van der Waals surface area (Å²) in [5.41, 5.74) is 5.31. The first-order valence-electron chi connectivity index (χ1n) is 11.4. The molecular weight excluding hydrogens is 424 g/mol. The average Bonchev–Trinajstić information content (AvgIpc) is 3.18. The lowest BCUT2D eigenvalue weighted by molar-refractivity contribution is 0.252. The molecule has 2 N–H and O–H groups in total. The molecule has 4 aromatic rings. The predicted octanol–water partition coefficient (Wildman–Crippen LogP) is 6.45. The van der Waals surface area contributed by atoms with Crippen molar-refractivity contribution in [3.8, 4) is 23.1 Å². The van der Waals surface area contributed by atoms with E-state index in [-0.39, 0.29) is 8.88 Å². The Kier molecular flexibility index (Phi) is 7.14. The van der Waals surface area contributed by atoms with Gasteiger partial charge in [0.1, 0.15) is 11.8 Å². The maximum Gasteiger partial charge on any atom is 0.319 e. The normalized spacial score (nSPS) is 10.6. The number of hydrogen-bond donors (Lipinski definition) is 2. The zero-order valence-electron chi connectivity index (χ0n) is 19.5. The van der Waals surface area contributed by atoms with E-state index in [1.807, 2.05) is 72.8 Å². The number of urea groups is 1. The summed E-state index contributed by atoms with van der Waals surface area (Å²) in [4.78, 5) is 12.3. The number of aryl methyl sites for hydroxylation is 1. The number of anilines is 1. The molecule has 6 heteroatoms. The van der Waals surface area contributed by atoms with Crippen LogP contribution < -0.4 is 15.4 Å². The van der Waals surface area contributed by atoms with Crippen LogP contribution in [-0.4, -0.2) is 24.3 Å². The Morgan fingerprint density at radius 2 is 1.85 bits per heavy atom. The van der Waals surface area contributed by atoms with Gasteiger partial charge in [0.25, 0.3) is 0 Å². The molecule has 0 aliphatic heterocycles. The van der Waals surface area contributed by atoms with Crippen molar-refractivity contribution in [1.29, 1.82) is 5.26 Å². The van der Waals surface area contributed by atoms with Crippen molar-refractivity contribution in [2.45, 2.75) is 26.3 Å². The van der Waals surface area contributed by atoms with E-state index in [0.29, 0.717) is 17.8 Å². The lowest BCUT2D eigenvalue weighted by atomic mass is 10.1. The summed E-state index contributed by atoms with van der Waals surface area (Å²) in [5, 5.41) is 16.6. The van der Waals surface area contributed by atoms with E-state index in [2.05, 4.69) is 28.2 Å². The van der Waals surface area contributed by atoms with Crippen LogP contribution in [0.4, 0.5) is 10.5 Å². The highest BCUT2D eigenvalue weighted by Gasteiger charge is 2.19. The van der Waals surface area contributed by atoms with Gasteiger partial charge in [-0.1, -0.05) is 49.4 Å². The van der Waals surface area contributed by atoms with E-state index in [1.54, 1.807) is 7.11 Å². The molecule has 3 aromatic carbocycles. The minimum Gasteiger partial charge on any atom is -0.497 e. The fourth-order valence-electron chi connectivity index (χ4n) is 4.18. The fourth-order valence-corrected chi connectivity index (χ4v) is 4.18. The molecule has 0 aliphatic carbocycles. The molecule has 6 nitrogen and oxygen atoms in total. The second kappa shape index (κ2) is 10.6. The first-order valence-corrected chi connectivity index (χ1v) is 11.4. The molecule has 0 aliphatic rings. The van der Waals surface area contributed by atoms with Gasteiger partial charge in [-0.2, -0.15) is 5.26 Å². The van der Waals surface area contributed by atoms with Crippen molar-refractivity contribution in [2.75, 3.05) is 19.0 Å². The van der Waals surface area contributed by atoms with Gasteiger partial charge in [0.05, 0.1) is 23.9 Å². The topological polar surface area (TPSA) is 79.1 Å². The number of methoxy groups -OCH3 is 1. The highest BCUT2D eigenvalue weighted by molar-refractivity contribution is 5.96. The number of amides is 2. The van der Waals surface area contributed by atoms with Crippen LogP contribution in [0.25, 0.3) is 22.2 Å². The molecule has 0 spiro atoms. The van der Waals surface area contributed by atoms with Crippen LogP contribution in [0.1, 0.15) is 27.3 Å². The third-order valence-corrected chi connectivity index (χ3v) is 5.79. The van der Waals surface area contributed by atoms with Gasteiger partial charge in [0.15, 0.2) is 0 Å². The number of rotatable bonds is 8. The number of benzene rings is 3. The molecule has 4 rings (SSSR count). The molecule has 0 saturated carbocycles. The van der Waals surface area contributed by atoms with E-state index in [0.717, 1.165) is 47.3 Å². The predicted molar refractivity (Wildman–Crippen MR) is 140 cm³/mol. The Balaban J connectivity index is 0.00000228. The van der Waals surface area contributed by atoms with E-state index in [1.165, 1.54) is 5.56 Å². The number of nitrogens with one attached hydrogen (secondary N) is 2. The summed E-state index contributed by atoms with van der Waals surface area (Å²) in [6.45, 7) is 3.45. The molecule has 0 fully saturated rings. The second-order valence-electron chi connectivity index (χ2n) is 8.06. The van der Waals surface area contributed by atoms with Gasteiger partial charge in [0, 0.05) is 33.1 Å². The molecule has 2 amide bonds. The quantitative estimate of drug-likeness (QED) is 0.319. The number of carbonyl (C=O) groups is 1. The first kappa shape index (κ1) is 22.9. The molecule has 0 unspecified atom stereocenters. The summed E-state index contributed by atoms with van der Waals surface area (Å²) in [6, 6.07) is 25.6. The molecule has 0 atom stereocenters. The second-order valence-corrected chi connectivity index (χ2v) is 8.06. The monoisotopic (exact) mass is 456 g/mol. The van der Waals surface area contributed by atoms with Gasteiger partial charge in [-0.25, -0.2) is 4.79 Å². The Bertz CT molecular complexity index is 1330. The van der Waals surface area contributed by atoms with Crippen LogP contribution >= 0.6 is 0 Å². The maximum absolute atomic E-state index is 12.3. The number of nitrogens with zero attached hydrogens (tertiary/aromatic N) is 2. The number of aromatic nitrogens is 1. The molecule has 0 saturated heterocycles. The van der Waals surface area contributed by atoms with E-state index < -0.39 is 0 Å². The van der Waals surface area contributed by atoms with Gasteiger partial charge >= 0.3 is 6.03 Å². The van der Waals surface area contributed by atoms with Gasteiger partial charge in [-0.15, -0.1) is 0 Å². The highest BCUT2D eigenvalue weighted by atomic mass is 16.5. The third-order valence-electron chi connectivity index (χ3n) is 5.79. The Morgan fingerprint density at radius 3 is 2.53 bits per heavy atom. The Morgan fingerprint density at radius 1 is 1.09 bits per heavy atom. The third kappa shape index (κ3) is 4.89. The standard InChI is InChI=1S/C28H28N4O2.2H2/c1-3-17-32-26-18-23(34-2)13-14-24(26)25(19-29)27(32)21-9-11-22(12-10-21)31-28(33)30-16-15-20-7-5-4-6-8-20;;/h4-14,18H,3,15-17H2,1-2H3,(H2,30,31,33);2*1H. The molecule has 0 bridgehead atoms. The van der Waals surface area contributed by atoms with E-state index in [9.17, 15) is 10.1 Å². The smallest absolute Gasteiger partial charge is 0.319 e. The number of fused-ring (bicyclic) bond motifs is 1. The van der Waals surface area contributed by atoms with Gasteiger partial charge < -0.3 is 19.9 Å². The summed E-state index contributed by atoms with van der Waals surface area (Å²) in [7, 11) is 1.64. The largest absolute Gasteiger partial charge is 0.497 e. The number of carbonyl (C=O) groups excluding carboxylic acids is 1. The van der Waals surface area contributed by atoms with Crippen LogP contribution in [-0.2, 0) is 13.0 Å². The van der Waals surface area contributed by atoms with Crippen LogP contribution in [0.5, 0.6) is 5.75 Å². The lowest BCUT2D eigenvalue weighted by Crippen LogP contribution is -2.30. The molecular formula is C28H32N4O2. The van der Waals surface area contributed by atoms with E-state index in [4.69, 9.17) is 4.74 Å². The van der Waals surface area contributed by atoms with Crippen molar-refractivity contribution in [1.82, 2.24) is 9.88 Å². The zero-order valence-corrected chi connectivity index (χ0v) is 19.5. The maximum atomic E-state index is 12.3. The average molecular weight is 457 g/mol. The molecule has 34 heavy (non-hydrogen) atoms. The van der Waals surface area contributed by atoms with Crippen LogP contribution in [0.3, 0.4) is 0 Å². The first-order chi connectivity index (χ1) is 16.6. The summed E-state index contributed by atoms with van der Waals surface area (Å²) >= 11 is 0. The number of nitriles is 1. The van der Waals surface area contributed by atoms with Crippen molar-refractivity contribution in [3.05, 3.63) is 83.9 Å². The zero-order chi connectivity index (χ0) is 23.9. The summed E-state index contributed by atoms with van der Waals surface area (Å²) in [5.74, 6) is 0.760. The highest BCUT2D eigenvalue weighted by Crippen LogP contribution is 2.36. The lowest BCUT2D eigenvalue weighted by Gasteiger charge is -2.12. The Hall–Kier alpha value is -4.24. The molecule has 1 aromatic heterocycles. The summed E-state index contributed by atoms with van der Waals surface area (Å²) < 4.78 is 7.58. The van der Waals surface area contributed by atoms with Gasteiger partial charge in [0.2, 0.25) is 0 Å².